The standard InChI is InChI=1S/C12H16ClN3O/c1-7-3-2-6-16(7)12(17)11-9(13)10(14-15-11)8-4-5-8/h7-8H,2-6H2,1H3,(H,14,15). The van der Waals surface area contributed by atoms with Crippen LogP contribution in [0.3, 0.4) is 0 Å². The molecule has 1 unspecified atom stereocenters. The first kappa shape index (κ1) is 11.1. The van der Waals surface area contributed by atoms with Crippen LogP contribution in [0, 0.1) is 0 Å². The number of carbonyl (C=O) groups excluding carboxylic acids is 1. The number of amides is 1. The highest BCUT2D eigenvalue weighted by atomic mass is 35.5. The third-order valence-electron chi connectivity index (χ3n) is 3.73. The van der Waals surface area contributed by atoms with Crippen molar-refractivity contribution >= 4 is 17.5 Å². The molecule has 92 valence electrons. The van der Waals surface area contributed by atoms with Gasteiger partial charge in [0.2, 0.25) is 0 Å². The van der Waals surface area contributed by atoms with Crippen LogP contribution in [0.5, 0.6) is 0 Å². The molecule has 2 heterocycles. The summed E-state index contributed by atoms with van der Waals surface area (Å²) in [7, 11) is 0. The lowest BCUT2D eigenvalue weighted by molar-refractivity contribution is 0.0741. The number of hydrogen-bond donors (Lipinski definition) is 1. The summed E-state index contributed by atoms with van der Waals surface area (Å²) in [6, 6.07) is 0.305. The highest BCUT2D eigenvalue weighted by molar-refractivity contribution is 6.34. The van der Waals surface area contributed by atoms with Crippen LogP contribution >= 0.6 is 11.6 Å². The Morgan fingerprint density at radius 1 is 1.47 bits per heavy atom. The molecular formula is C12H16ClN3O. The van der Waals surface area contributed by atoms with E-state index in [0.717, 1.165) is 37.9 Å². The predicted octanol–water partition coefficient (Wildman–Crippen LogP) is 2.57. The normalized spacial score (nSPS) is 24.4. The highest BCUT2D eigenvalue weighted by Gasteiger charge is 2.34. The number of nitrogens with one attached hydrogen (secondary N) is 1. The van der Waals surface area contributed by atoms with E-state index < -0.39 is 0 Å². The monoisotopic (exact) mass is 253 g/mol. The zero-order valence-electron chi connectivity index (χ0n) is 9.87. The molecule has 4 nitrogen and oxygen atoms in total. The largest absolute Gasteiger partial charge is 0.335 e. The van der Waals surface area contributed by atoms with Crippen LogP contribution in [0.1, 0.15) is 54.7 Å². The summed E-state index contributed by atoms with van der Waals surface area (Å²) in [6.07, 6.45) is 4.44. The van der Waals surface area contributed by atoms with Crippen molar-refractivity contribution in [3.8, 4) is 0 Å². The Balaban J connectivity index is 1.85. The molecule has 1 amide bonds. The van der Waals surface area contributed by atoms with Crippen molar-refractivity contribution in [3.63, 3.8) is 0 Å². The first-order valence-electron chi connectivity index (χ1n) is 6.23. The maximum absolute atomic E-state index is 12.3. The van der Waals surface area contributed by atoms with Crippen molar-refractivity contribution in [1.82, 2.24) is 15.1 Å². The van der Waals surface area contributed by atoms with Crippen molar-refractivity contribution in [2.75, 3.05) is 6.54 Å². The zero-order valence-corrected chi connectivity index (χ0v) is 10.6. The number of aromatic amines is 1. The number of carbonyl (C=O) groups is 1. The van der Waals surface area contributed by atoms with Gasteiger partial charge < -0.3 is 4.90 Å². The molecule has 1 aromatic rings. The summed E-state index contributed by atoms with van der Waals surface area (Å²) in [5, 5.41) is 7.57. The molecule has 0 bridgehead atoms. The van der Waals surface area contributed by atoms with E-state index >= 15 is 0 Å². The molecule has 17 heavy (non-hydrogen) atoms. The van der Waals surface area contributed by atoms with Gasteiger partial charge in [-0.15, -0.1) is 0 Å². The number of halogens is 1. The molecular weight excluding hydrogens is 238 g/mol. The van der Waals surface area contributed by atoms with Gasteiger partial charge in [-0.25, -0.2) is 0 Å². The fraction of sp³-hybridized carbons (Fsp3) is 0.667. The van der Waals surface area contributed by atoms with E-state index in [1.165, 1.54) is 0 Å². The van der Waals surface area contributed by atoms with Gasteiger partial charge in [-0.2, -0.15) is 5.10 Å². The summed E-state index contributed by atoms with van der Waals surface area (Å²) in [5.41, 5.74) is 1.35. The Kier molecular flexibility index (Phi) is 2.62. The molecule has 1 aliphatic heterocycles. The van der Waals surface area contributed by atoms with Crippen LogP contribution in [0.15, 0.2) is 0 Å². The van der Waals surface area contributed by atoms with Crippen molar-refractivity contribution in [2.45, 2.75) is 44.6 Å². The number of rotatable bonds is 2. The zero-order chi connectivity index (χ0) is 12.0. The molecule has 0 radical (unpaired) electrons. The second kappa shape index (κ2) is 4.02. The third kappa shape index (κ3) is 1.84. The van der Waals surface area contributed by atoms with Crippen molar-refractivity contribution in [2.24, 2.45) is 0 Å². The van der Waals surface area contributed by atoms with E-state index in [4.69, 9.17) is 11.6 Å². The molecule has 0 aromatic carbocycles. The second-order valence-electron chi connectivity index (χ2n) is 5.06. The van der Waals surface area contributed by atoms with Crippen LogP contribution in [-0.2, 0) is 0 Å². The van der Waals surface area contributed by atoms with Crippen molar-refractivity contribution < 1.29 is 4.79 Å². The van der Waals surface area contributed by atoms with E-state index in [2.05, 4.69) is 17.1 Å². The minimum atomic E-state index is -0.0249. The lowest BCUT2D eigenvalue weighted by atomic mass is 10.2. The van der Waals surface area contributed by atoms with Gasteiger partial charge in [0.05, 0.1) is 10.7 Å². The number of hydrogen-bond acceptors (Lipinski definition) is 2. The van der Waals surface area contributed by atoms with Gasteiger partial charge in [-0.05, 0) is 32.6 Å². The van der Waals surface area contributed by atoms with Crippen molar-refractivity contribution in [1.29, 1.82) is 0 Å². The molecule has 1 saturated heterocycles. The average molecular weight is 254 g/mol. The summed E-state index contributed by atoms with van der Waals surface area (Å²) in [4.78, 5) is 14.2. The fourth-order valence-electron chi connectivity index (χ4n) is 2.50. The van der Waals surface area contributed by atoms with E-state index in [1.807, 2.05) is 4.90 Å². The van der Waals surface area contributed by atoms with Gasteiger partial charge >= 0.3 is 0 Å². The molecule has 1 atom stereocenters. The maximum Gasteiger partial charge on any atom is 0.276 e. The SMILES string of the molecule is CC1CCCN1C(=O)c1n[nH]c(C2CC2)c1Cl. The quantitative estimate of drug-likeness (QED) is 0.881. The van der Waals surface area contributed by atoms with E-state index in [-0.39, 0.29) is 5.91 Å². The van der Waals surface area contributed by atoms with Gasteiger partial charge in [0.1, 0.15) is 0 Å². The van der Waals surface area contributed by atoms with E-state index in [1.54, 1.807) is 0 Å². The molecule has 2 fully saturated rings. The molecule has 1 aliphatic carbocycles. The molecule has 0 spiro atoms. The van der Waals surface area contributed by atoms with Crippen LogP contribution in [-0.4, -0.2) is 33.6 Å². The fourth-order valence-corrected chi connectivity index (χ4v) is 2.82. The van der Waals surface area contributed by atoms with Crippen LogP contribution in [0.4, 0.5) is 0 Å². The number of aromatic nitrogens is 2. The maximum atomic E-state index is 12.3. The van der Waals surface area contributed by atoms with E-state index in [0.29, 0.717) is 22.7 Å². The predicted molar refractivity (Wildman–Crippen MR) is 65.3 cm³/mol. The van der Waals surface area contributed by atoms with Crippen LogP contribution in [0.2, 0.25) is 5.02 Å². The van der Waals surface area contributed by atoms with Gasteiger partial charge in [0, 0.05) is 18.5 Å². The molecule has 2 aliphatic rings. The van der Waals surface area contributed by atoms with Crippen LogP contribution < -0.4 is 0 Å². The van der Waals surface area contributed by atoms with Gasteiger partial charge in [-0.1, -0.05) is 11.6 Å². The van der Waals surface area contributed by atoms with Gasteiger partial charge in [-0.3, -0.25) is 9.89 Å². The van der Waals surface area contributed by atoms with Gasteiger partial charge in [0.25, 0.3) is 5.91 Å². The Bertz CT molecular complexity index is 453. The molecule has 3 rings (SSSR count). The minimum absolute atomic E-state index is 0.0249. The molecule has 1 N–H and O–H groups in total. The number of likely N-dealkylation sites (tertiary alicyclic amines) is 1. The summed E-state index contributed by atoms with van der Waals surface area (Å²) < 4.78 is 0. The average Bonchev–Trinajstić information content (AvgIpc) is 2.95. The Morgan fingerprint density at radius 2 is 2.24 bits per heavy atom. The lowest BCUT2D eigenvalue weighted by Crippen LogP contribution is -2.34. The summed E-state index contributed by atoms with van der Waals surface area (Å²) >= 11 is 6.24. The van der Waals surface area contributed by atoms with E-state index in [9.17, 15) is 4.79 Å². The first-order chi connectivity index (χ1) is 8.18. The van der Waals surface area contributed by atoms with Gasteiger partial charge in [0.15, 0.2) is 5.69 Å². The van der Waals surface area contributed by atoms with Crippen LogP contribution in [0.25, 0.3) is 0 Å². The summed E-state index contributed by atoms with van der Waals surface area (Å²) in [6.45, 7) is 2.90. The Morgan fingerprint density at radius 3 is 2.82 bits per heavy atom. The highest BCUT2D eigenvalue weighted by Crippen LogP contribution is 2.43. The molecule has 1 aromatic heterocycles. The number of nitrogens with zero attached hydrogens (tertiary/aromatic N) is 2. The topological polar surface area (TPSA) is 49.0 Å². The Hall–Kier alpha value is -1.03. The smallest absolute Gasteiger partial charge is 0.276 e. The Labute approximate surface area is 105 Å². The lowest BCUT2D eigenvalue weighted by Gasteiger charge is -2.20. The van der Waals surface area contributed by atoms with Crippen molar-refractivity contribution in [3.05, 3.63) is 16.4 Å². The molecule has 1 saturated carbocycles. The third-order valence-corrected chi connectivity index (χ3v) is 4.12. The number of H-pyrrole nitrogens is 1. The minimum Gasteiger partial charge on any atom is -0.335 e. The molecule has 5 heteroatoms. The summed E-state index contributed by atoms with van der Waals surface area (Å²) in [5.74, 6) is 0.468. The second-order valence-corrected chi connectivity index (χ2v) is 5.44. The first-order valence-corrected chi connectivity index (χ1v) is 6.61.